The number of carbonyl (C=O) groups excluding carboxylic acids is 3. The van der Waals surface area contributed by atoms with Crippen molar-refractivity contribution < 1.29 is 19.1 Å². The maximum atomic E-state index is 12.2. The molecule has 0 aliphatic rings. The molecule has 0 saturated heterocycles. The van der Waals surface area contributed by atoms with E-state index in [9.17, 15) is 14.4 Å². The Kier molecular flexibility index (Phi) is 8.61. The number of hydrogen-bond donors (Lipinski definition) is 3. The van der Waals surface area contributed by atoms with Crippen LogP contribution in [-0.4, -0.2) is 30.5 Å². The Morgan fingerprint density at radius 2 is 1.65 bits per heavy atom. The SMILES string of the molecule is Cc1ccc(NC(=O)COc2ccccc2/C=N\NC(=O)C(=O)Nc2ccccc2Cl)cc1Cl. The molecule has 3 amide bonds. The summed E-state index contributed by atoms with van der Waals surface area (Å²) < 4.78 is 5.58. The number of para-hydroxylation sites is 2. The highest BCUT2D eigenvalue weighted by Crippen LogP contribution is 2.21. The third-order valence-electron chi connectivity index (χ3n) is 4.43. The molecule has 0 aromatic heterocycles. The molecule has 0 heterocycles. The Labute approximate surface area is 205 Å². The molecule has 0 bridgehead atoms. The first kappa shape index (κ1) is 24.8. The quantitative estimate of drug-likeness (QED) is 0.254. The molecule has 8 nitrogen and oxygen atoms in total. The van der Waals surface area contributed by atoms with Crippen molar-refractivity contribution in [1.82, 2.24) is 5.43 Å². The van der Waals surface area contributed by atoms with Gasteiger partial charge in [0.1, 0.15) is 5.75 Å². The first-order valence-electron chi connectivity index (χ1n) is 10.00. The summed E-state index contributed by atoms with van der Waals surface area (Å²) in [5.74, 6) is -1.93. The van der Waals surface area contributed by atoms with Crippen molar-refractivity contribution in [3.63, 3.8) is 0 Å². The van der Waals surface area contributed by atoms with Crippen LogP contribution < -0.4 is 20.8 Å². The van der Waals surface area contributed by atoms with Crippen LogP contribution in [0, 0.1) is 6.92 Å². The monoisotopic (exact) mass is 498 g/mol. The highest BCUT2D eigenvalue weighted by Gasteiger charge is 2.14. The zero-order valence-corrected chi connectivity index (χ0v) is 19.5. The van der Waals surface area contributed by atoms with E-state index < -0.39 is 11.8 Å². The summed E-state index contributed by atoms with van der Waals surface area (Å²) in [6, 6.07) is 18.5. The van der Waals surface area contributed by atoms with E-state index in [4.69, 9.17) is 27.9 Å². The number of halogens is 2. The topological polar surface area (TPSA) is 109 Å². The van der Waals surface area contributed by atoms with Gasteiger partial charge in [0.25, 0.3) is 5.91 Å². The Morgan fingerprint density at radius 3 is 2.41 bits per heavy atom. The summed E-state index contributed by atoms with van der Waals surface area (Å²) in [6.45, 7) is 1.60. The van der Waals surface area contributed by atoms with Crippen molar-refractivity contribution >= 4 is 58.5 Å². The molecule has 34 heavy (non-hydrogen) atoms. The van der Waals surface area contributed by atoms with Gasteiger partial charge in [-0.2, -0.15) is 5.10 Å². The van der Waals surface area contributed by atoms with Crippen LogP contribution in [0.15, 0.2) is 71.8 Å². The van der Waals surface area contributed by atoms with E-state index in [0.717, 1.165) is 5.56 Å². The number of nitrogens with zero attached hydrogens (tertiary/aromatic N) is 1. The van der Waals surface area contributed by atoms with Gasteiger partial charge in [-0.15, -0.1) is 0 Å². The van der Waals surface area contributed by atoms with Gasteiger partial charge in [-0.3, -0.25) is 14.4 Å². The molecular formula is C24H20Cl2N4O4. The third kappa shape index (κ3) is 7.06. The zero-order chi connectivity index (χ0) is 24.5. The largest absolute Gasteiger partial charge is 0.483 e. The van der Waals surface area contributed by atoms with Gasteiger partial charge in [-0.25, -0.2) is 5.43 Å². The minimum Gasteiger partial charge on any atom is -0.483 e. The van der Waals surface area contributed by atoms with E-state index in [1.54, 1.807) is 66.7 Å². The number of carbonyl (C=O) groups is 3. The molecule has 3 aromatic carbocycles. The van der Waals surface area contributed by atoms with Crippen molar-refractivity contribution in [2.24, 2.45) is 5.10 Å². The van der Waals surface area contributed by atoms with Gasteiger partial charge in [0.05, 0.1) is 16.9 Å². The molecule has 0 radical (unpaired) electrons. The second-order valence-electron chi connectivity index (χ2n) is 6.97. The Bertz CT molecular complexity index is 1250. The smallest absolute Gasteiger partial charge is 0.329 e. The lowest BCUT2D eigenvalue weighted by Crippen LogP contribution is -2.32. The van der Waals surface area contributed by atoms with Crippen molar-refractivity contribution in [2.45, 2.75) is 6.92 Å². The van der Waals surface area contributed by atoms with E-state index >= 15 is 0 Å². The molecule has 3 aromatic rings. The summed E-state index contributed by atoms with van der Waals surface area (Å²) in [5.41, 5.74) is 4.38. The molecule has 0 aliphatic carbocycles. The number of hydrazone groups is 1. The highest BCUT2D eigenvalue weighted by molar-refractivity contribution is 6.41. The van der Waals surface area contributed by atoms with Gasteiger partial charge in [0.15, 0.2) is 6.61 Å². The third-order valence-corrected chi connectivity index (χ3v) is 5.17. The second-order valence-corrected chi connectivity index (χ2v) is 7.79. The maximum absolute atomic E-state index is 12.2. The fourth-order valence-corrected chi connectivity index (χ4v) is 3.05. The molecule has 0 unspecified atom stereocenters. The number of amides is 3. The Morgan fingerprint density at radius 1 is 0.912 bits per heavy atom. The second kappa shape index (κ2) is 11.8. The fourth-order valence-electron chi connectivity index (χ4n) is 2.68. The average Bonchev–Trinajstić information content (AvgIpc) is 2.82. The van der Waals surface area contributed by atoms with E-state index in [0.29, 0.717) is 32.7 Å². The molecule has 174 valence electrons. The predicted octanol–water partition coefficient (Wildman–Crippen LogP) is 4.41. The lowest BCUT2D eigenvalue weighted by molar-refractivity contribution is -0.136. The molecule has 0 fully saturated rings. The zero-order valence-electron chi connectivity index (χ0n) is 18.0. The standard InChI is InChI=1S/C24H20Cl2N4O4/c1-15-10-11-17(12-19(15)26)28-22(31)14-34-21-9-5-2-6-16(21)13-27-30-24(33)23(32)29-20-8-4-3-7-18(20)25/h2-13H,14H2,1H3,(H,28,31)(H,29,32)(H,30,33)/b27-13-. The predicted molar refractivity (Wildman–Crippen MR) is 133 cm³/mol. The van der Waals surface area contributed by atoms with Gasteiger partial charge in [-0.1, -0.05) is 53.5 Å². The number of ether oxygens (including phenoxy) is 1. The first-order chi connectivity index (χ1) is 16.3. The Balaban J connectivity index is 1.54. The van der Waals surface area contributed by atoms with Crippen LogP contribution in [0.4, 0.5) is 11.4 Å². The summed E-state index contributed by atoms with van der Waals surface area (Å²) in [4.78, 5) is 36.2. The summed E-state index contributed by atoms with van der Waals surface area (Å²) in [7, 11) is 0. The van der Waals surface area contributed by atoms with E-state index in [1.807, 2.05) is 6.92 Å². The number of nitrogens with one attached hydrogen (secondary N) is 3. The van der Waals surface area contributed by atoms with Gasteiger partial charge < -0.3 is 15.4 Å². The number of anilines is 2. The molecule has 0 spiro atoms. The summed E-state index contributed by atoms with van der Waals surface area (Å²) in [5, 5.41) is 9.73. The van der Waals surface area contributed by atoms with Crippen molar-refractivity contribution in [3.05, 3.63) is 87.9 Å². The molecule has 0 aliphatic heterocycles. The van der Waals surface area contributed by atoms with Crippen LogP contribution in [0.25, 0.3) is 0 Å². The van der Waals surface area contributed by atoms with E-state index in [2.05, 4.69) is 21.2 Å². The number of aryl methyl sites for hydroxylation is 1. The summed E-state index contributed by atoms with van der Waals surface area (Å²) in [6.07, 6.45) is 1.30. The first-order valence-corrected chi connectivity index (χ1v) is 10.8. The minimum atomic E-state index is -0.981. The van der Waals surface area contributed by atoms with Crippen molar-refractivity contribution in [1.29, 1.82) is 0 Å². The van der Waals surface area contributed by atoms with E-state index in [1.165, 1.54) is 6.21 Å². The van der Waals surface area contributed by atoms with Crippen LogP contribution >= 0.6 is 23.2 Å². The summed E-state index contributed by atoms with van der Waals surface area (Å²) >= 11 is 12.0. The van der Waals surface area contributed by atoms with Crippen LogP contribution in [0.2, 0.25) is 10.0 Å². The lowest BCUT2D eigenvalue weighted by Gasteiger charge is -2.10. The highest BCUT2D eigenvalue weighted by atomic mass is 35.5. The van der Waals surface area contributed by atoms with E-state index in [-0.39, 0.29) is 12.5 Å². The van der Waals surface area contributed by atoms with Crippen molar-refractivity contribution in [3.8, 4) is 5.75 Å². The average molecular weight is 499 g/mol. The van der Waals surface area contributed by atoms with Crippen LogP contribution in [0.5, 0.6) is 5.75 Å². The van der Waals surface area contributed by atoms with Crippen LogP contribution in [0.3, 0.4) is 0 Å². The lowest BCUT2D eigenvalue weighted by atomic mass is 10.2. The number of rotatable bonds is 7. The van der Waals surface area contributed by atoms with Gasteiger partial charge in [0, 0.05) is 16.3 Å². The number of hydrogen-bond acceptors (Lipinski definition) is 5. The molecule has 10 heteroatoms. The molecule has 0 atom stereocenters. The normalized spacial score (nSPS) is 10.6. The van der Waals surface area contributed by atoms with Crippen LogP contribution in [0.1, 0.15) is 11.1 Å². The minimum absolute atomic E-state index is 0.261. The molecule has 0 saturated carbocycles. The van der Waals surface area contributed by atoms with Gasteiger partial charge in [0.2, 0.25) is 0 Å². The molecule has 3 N–H and O–H groups in total. The molecule has 3 rings (SSSR count). The van der Waals surface area contributed by atoms with Gasteiger partial charge >= 0.3 is 11.8 Å². The fraction of sp³-hybridized carbons (Fsp3) is 0.0833. The van der Waals surface area contributed by atoms with Crippen molar-refractivity contribution in [2.75, 3.05) is 17.2 Å². The Hall–Kier alpha value is -3.88. The van der Waals surface area contributed by atoms with Gasteiger partial charge in [-0.05, 0) is 48.9 Å². The number of benzene rings is 3. The molecular weight excluding hydrogens is 479 g/mol. The van der Waals surface area contributed by atoms with Crippen LogP contribution in [-0.2, 0) is 14.4 Å². The maximum Gasteiger partial charge on any atom is 0.329 e.